The van der Waals surface area contributed by atoms with Crippen LogP contribution in [0, 0.1) is 0 Å². The minimum Gasteiger partial charge on any atom is -0.351 e. The molecule has 0 bridgehead atoms. The van der Waals surface area contributed by atoms with Crippen LogP contribution in [0.25, 0.3) is 0 Å². The summed E-state index contributed by atoms with van der Waals surface area (Å²) in [5, 5.41) is 2.73. The molecule has 1 heterocycles. The van der Waals surface area contributed by atoms with E-state index >= 15 is 0 Å². The van der Waals surface area contributed by atoms with Crippen molar-refractivity contribution in [1.82, 2.24) is 9.62 Å². The van der Waals surface area contributed by atoms with Crippen LogP contribution in [0.15, 0.2) is 53.4 Å². The van der Waals surface area contributed by atoms with Crippen molar-refractivity contribution in [1.29, 1.82) is 0 Å². The van der Waals surface area contributed by atoms with E-state index in [1.54, 1.807) is 17.0 Å². The maximum atomic E-state index is 12.9. The highest BCUT2D eigenvalue weighted by Gasteiger charge is 2.26. The van der Waals surface area contributed by atoms with E-state index in [1.165, 1.54) is 20.0 Å². The molecule has 0 radical (unpaired) electrons. The number of aryl methyl sites for hydroxylation is 1. The van der Waals surface area contributed by atoms with Gasteiger partial charge in [0.15, 0.2) is 0 Å². The van der Waals surface area contributed by atoms with Crippen molar-refractivity contribution in [3.05, 3.63) is 59.7 Å². The summed E-state index contributed by atoms with van der Waals surface area (Å²) < 4.78 is 26.9. The third-order valence-corrected chi connectivity index (χ3v) is 6.76. The minimum atomic E-state index is -3.82. The number of rotatable bonds is 6. The highest BCUT2D eigenvalue weighted by Crippen LogP contribution is 2.30. The minimum absolute atomic E-state index is 0.0613. The first-order chi connectivity index (χ1) is 13.8. The fourth-order valence-electron chi connectivity index (χ4n) is 3.38. The number of fused-ring (bicyclic) bond motifs is 1. The lowest BCUT2D eigenvalue weighted by Crippen LogP contribution is -2.38. The largest absolute Gasteiger partial charge is 0.351 e. The van der Waals surface area contributed by atoms with Gasteiger partial charge in [-0.3, -0.25) is 9.59 Å². The summed E-state index contributed by atoms with van der Waals surface area (Å²) in [4.78, 5) is 25.8. The second-order valence-electron chi connectivity index (χ2n) is 7.09. The predicted octanol–water partition coefficient (Wildman–Crippen LogP) is 1.92. The molecule has 0 saturated heterocycles. The van der Waals surface area contributed by atoms with Crippen LogP contribution >= 0.6 is 0 Å². The molecule has 2 amide bonds. The van der Waals surface area contributed by atoms with Gasteiger partial charge in [-0.2, -0.15) is 4.31 Å². The topological polar surface area (TPSA) is 86.8 Å². The highest BCUT2D eigenvalue weighted by atomic mass is 32.2. The average molecular weight is 416 g/mol. The maximum Gasteiger partial charge on any atom is 0.243 e. The number of hydrogen-bond donors (Lipinski definition) is 1. The summed E-state index contributed by atoms with van der Waals surface area (Å²) in [6, 6.07) is 14.2. The number of carbonyl (C=O) groups excluding carboxylic acids is 2. The van der Waals surface area contributed by atoms with E-state index < -0.39 is 10.0 Å². The summed E-state index contributed by atoms with van der Waals surface area (Å²) in [6.45, 7) is 2.20. The zero-order chi connectivity index (χ0) is 21.0. The van der Waals surface area contributed by atoms with Crippen LogP contribution in [-0.4, -0.2) is 44.7 Å². The van der Waals surface area contributed by atoms with Crippen molar-refractivity contribution in [3.63, 3.8) is 0 Å². The summed E-state index contributed by atoms with van der Waals surface area (Å²) >= 11 is 0. The van der Waals surface area contributed by atoms with Crippen molar-refractivity contribution in [3.8, 4) is 0 Å². The second kappa shape index (κ2) is 8.75. The number of hydrogen-bond acceptors (Lipinski definition) is 4. The number of amides is 2. The third-order valence-electron chi connectivity index (χ3n) is 4.96. The molecule has 0 aromatic heterocycles. The molecule has 0 unspecified atom stereocenters. The first-order valence-corrected chi connectivity index (χ1v) is 10.9. The fraction of sp³-hybridized carbons (Fsp3) is 0.333. The molecule has 8 heteroatoms. The molecule has 0 aliphatic carbocycles. The number of nitrogens with one attached hydrogen (secondary N) is 1. The lowest BCUT2D eigenvalue weighted by Gasteiger charge is -2.29. The lowest BCUT2D eigenvalue weighted by molar-refractivity contribution is -0.121. The van der Waals surface area contributed by atoms with Gasteiger partial charge < -0.3 is 10.2 Å². The quantitative estimate of drug-likeness (QED) is 0.781. The van der Waals surface area contributed by atoms with Crippen LogP contribution in [0.4, 0.5) is 5.69 Å². The number of anilines is 1. The molecule has 1 N–H and O–H groups in total. The fourth-order valence-corrected chi connectivity index (χ4v) is 4.56. The van der Waals surface area contributed by atoms with Crippen LogP contribution in [0.5, 0.6) is 0 Å². The zero-order valence-electron chi connectivity index (χ0n) is 16.6. The number of benzene rings is 2. The molecule has 1 aliphatic heterocycles. The van der Waals surface area contributed by atoms with Gasteiger partial charge in [0.2, 0.25) is 21.8 Å². The summed E-state index contributed by atoms with van der Waals surface area (Å²) in [5.41, 5.74) is 2.52. The van der Waals surface area contributed by atoms with Gasteiger partial charge in [-0.1, -0.05) is 30.3 Å². The van der Waals surface area contributed by atoms with Crippen molar-refractivity contribution < 1.29 is 18.0 Å². The molecule has 0 spiro atoms. The van der Waals surface area contributed by atoms with Crippen LogP contribution in [0.1, 0.15) is 24.5 Å². The van der Waals surface area contributed by atoms with Gasteiger partial charge in [-0.05, 0) is 42.2 Å². The van der Waals surface area contributed by atoms with E-state index in [1.807, 2.05) is 30.3 Å². The van der Waals surface area contributed by atoms with Crippen molar-refractivity contribution in [2.45, 2.75) is 31.2 Å². The Morgan fingerprint density at radius 1 is 1.14 bits per heavy atom. The van der Waals surface area contributed by atoms with E-state index in [2.05, 4.69) is 5.32 Å². The number of nitrogens with zero attached hydrogens (tertiary/aromatic N) is 2. The Morgan fingerprint density at radius 2 is 1.86 bits per heavy atom. The lowest BCUT2D eigenvalue weighted by atomic mass is 10.0. The molecule has 0 saturated carbocycles. The zero-order valence-corrected chi connectivity index (χ0v) is 17.4. The maximum absolute atomic E-state index is 12.9. The SMILES string of the molecule is CC(=O)N1CCCc2cc(S(=O)(=O)N(C)CC(=O)NCc3ccccc3)ccc21. The van der Waals surface area contributed by atoms with Gasteiger partial charge in [0, 0.05) is 32.7 Å². The Kier molecular flexibility index (Phi) is 6.34. The summed E-state index contributed by atoms with van der Waals surface area (Å²) in [6.07, 6.45) is 1.50. The van der Waals surface area contributed by atoms with E-state index in [0.29, 0.717) is 19.5 Å². The van der Waals surface area contributed by atoms with Gasteiger partial charge in [-0.25, -0.2) is 8.42 Å². The van der Waals surface area contributed by atoms with Crippen LogP contribution in [-0.2, 0) is 32.6 Å². The summed E-state index contributed by atoms with van der Waals surface area (Å²) in [5.74, 6) is -0.436. The Balaban J connectivity index is 1.69. The molecular weight excluding hydrogens is 390 g/mol. The van der Waals surface area contributed by atoms with E-state index in [0.717, 1.165) is 27.5 Å². The standard InChI is InChI=1S/C21H25N3O4S/c1-16(25)24-12-6-9-18-13-19(10-11-20(18)24)29(27,28)23(2)15-21(26)22-14-17-7-4-3-5-8-17/h3-5,7-8,10-11,13H,6,9,12,14-15H2,1-2H3,(H,22,26). The molecule has 2 aromatic rings. The smallest absolute Gasteiger partial charge is 0.243 e. The van der Waals surface area contributed by atoms with E-state index in [4.69, 9.17) is 0 Å². The number of carbonyl (C=O) groups is 2. The number of likely N-dealkylation sites (N-methyl/N-ethyl adjacent to an activating group) is 1. The van der Waals surface area contributed by atoms with Crippen molar-refractivity contribution in [2.75, 3.05) is 25.0 Å². The Morgan fingerprint density at radius 3 is 2.55 bits per heavy atom. The first-order valence-electron chi connectivity index (χ1n) is 9.47. The van der Waals surface area contributed by atoms with Crippen LogP contribution in [0.3, 0.4) is 0 Å². The highest BCUT2D eigenvalue weighted by molar-refractivity contribution is 7.89. The van der Waals surface area contributed by atoms with Crippen LogP contribution < -0.4 is 10.2 Å². The van der Waals surface area contributed by atoms with Gasteiger partial charge in [0.25, 0.3) is 0 Å². The average Bonchev–Trinajstić information content (AvgIpc) is 2.72. The van der Waals surface area contributed by atoms with Gasteiger partial charge in [0.1, 0.15) is 0 Å². The second-order valence-corrected chi connectivity index (χ2v) is 9.13. The summed E-state index contributed by atoms with van der Waals surface area (Å²) in [7, 11) is -2.43. The normalized spacial score (nSPS) is 13.8. The Labute approximate surface area is 171 Å². The van der Waals surface area contributed by atoms with E-state index in [-0.39, 0.29) is 23.3 Å². The molecule has 0 atom stereocenters. The molecule has 29 heavy (non-hydrogen) atoms. The van der Waals surface area contributed by atoms with Crippen molar-refractivity contribution in [2.24, 2.45) is 0 Å². The molecule has 1 aliphatic rings. The first kappa shape index (κ1) is 21.0. The molecule has 0 fully saturated rings. The van der Waals surface area contributed by atoms with Gasteiger partial charge in [-0.15, -0.1) is 0 Å². The Hall–Kier alpha value is -2.71. The monoisotopic (exact) mass is 415 g/mol. The molecule has 3 rings (SSSR count). The molecule has 154 valence electrons. The molecule has 7 nitrogen and oxygen atoms in total. The van der Waals surface area contributed by atoms with Gasteiger partial charge >= 0.3 is 0 Å². The van der Waals surface area contributed by atoms with E-state index in [9.17, 15) is 18.0 Å². The number of sulfonamides is 1. The Bertz CT molecular complexity index is 1010. The molecular formula is C21H25N3O4S. The molecule has 2 aromatic carbocycles. The van der Waals surface area contributed by atoms with Gasteiger partial charge in [0.05, 0.1) is 11.4 Å². The predicted molar refractivity (Wildman–Crippen MR) is 111 cm³/mol. The van der Waals surface area contributed by atoms with Crippen molar-refractivity contribution >= 4 is 27.5 Å². The van der Waals surface area contributed by atoms with Crippen LogP contribution in [0.2, 0.25) is 0 Å². The third kappa shape index (κ3) is 4.83.